The van der Waals surface area contributed by atoms with Crippen LogP contribution >= 0.6 is 11.3 Å². The molecule has 1 saturated heterocycles. The van der Waals surface area contributed by atoms with E-state index >= 15 is 0 Å². The first-order valence-electron chi connectivity index (χ1n) is 5.96. The Morgan fingerprint density at radius 2 is 2.41 bits per heavy atom. The van der Waals surface area contributed by atoms with Gasteiger partial charge in [-0.2, -0.15) is 0 Å². The molecule has 1 aromatic rings. The summed E-state index contributed by atoms with van der Waals surface area (Å²) in [6, 6.07) is 4.51. The quantitative estimate of drug-likeness (QED) is 0.787. The van der Waals surface area contributed by atoms with Gasteiger partial charge in [-0.25, -0.2) is 0 Å². The molecule has 0 bridgehead atoms. The van der Waals surface area contributed by atoms with Crippen LogP contribution in [-0.2, 0) is 6.54 Å². The van der Waals surface area contributed by atoms with E-state index in [2.05, 4.69) is 22.8 Å². The lowest BCUT2D eigenvalue weighted by molar-refractivity contribution is 0.154. The summed E-state index contributed by atoms with van der Waals surface area (Å²) in [7, 11) is 0. The average Bonchev–Trinajstić information content (AvgIpc) is 2.96. The normalized spacial score (nSPS) is 20.2. The molecule has 0 radical (unpaired) electrons. The van der Waals surface area contributed by atoms with E-state index in [1.165, 1.54) is 11.3 Å². The van der Waals surface area contributed by atoms with E-state index in [4.69, 9.17) is 5.73 Å². The summed E-state index contributed by atoms with van der Waals surface area (Å²) < 4.78 is 0. The summed E-state index contributed by atoms with van der Waals surface area (Å²) in [6.45, 7) is 2.70. The fourth-order valence-electron chi connectivity index (χ4n) is 2.18. The van der Waals surface area contributed by atoms with E-state index < -0.39 is 0 Å². The molecule has 3 N–H and O–H groups in total. The molecular weight excluding hydrogens is 232 g/mol. The molecule has 1 unspecified atom stereocenters. The van der Waals surface area contributed by atoms with Crippen LogP contribution in [0.25, 0.3) is 0 Å². The fourth-order valence-corrected chi connectivity index (χ4v) is 3.09. The zero-order valence-corrected chi connectivity index (χ0v) is 10.7. The van der Waals surface area contributed by atoms with Gasteiger partial charge in [-0.1, -0.05) is 11.8 Å². The largest absolute Gasteiger partial charge is 0.395 e. The topological polar surface area (TPSA) is 49.5 Å². The number of hydrogen-bond acceptors (Lipinski definition) is 4. The first-order valence-corrected chi connectivity index (χ1v) is 6.77. The van der Waals surface area contributed by atoms with E-state index in [0.29, 0.717) is 12.6 Å². The van der Waals surface area contributed by atoms with Crippen LogP contribution in [-0.4, -0.2) is 35.7 Å². The van der Waals surface area contributed by atoms with E-state index in [0.717, 1.165) is 24.4 Å². The van der Waals surface area contributed by atoms with Crippen molar-refractivity contribution in [3.63, 3.8) is 0 Å². The van der Waals surface area contributed by atoms with Crippen LogP contribution in [0.3, 0.4) is 0 Å². The Morgan fingerprint density at radius 3 is 3.18 bits per heavy atom. The Morgan fingerprint density at radius 1 is 1.53 bits per heavy atom. The highest BCUT2D eigenvalue weighted by molar-refractivity contribution is 7.12. The first-order chi connectivity index (χ1) is 8.33. The van der Waals surface area contributed by atoms with Gasteiger partial charge in [0.25, 0.3) is 0 Å². The summed E-state index contributed by atoms with van der Waals surface area (Å²) in [4.78, 5) is 4.74. The number of nitrogens with two attached hydrogens (primary N) is 1. The molecule has 2 rings (SSSR count). The molecule has 4 heteroatoms. The van der Waals surface area contributed by atoms with E-state index in [1.54, 1.807) is 11.3 Å². The molecule has 0 saturated carbocycles. The van der Waals surface area contributed by atoms with E-state index in [1.807, 2.05) is 6.07 Å². The van der Waals surface area contributed by atoms with Crippen molar-refractivity contribution in [3.8, 4) is 11.8 Å². The van der Waals surface area contributed by atoms with Gasteiger partial charge in [0, 0.05) is 17.5 Å². The van der Waals surface area contributed by atoms with Gasteiger partial charge in [0.1, 0.15) is 0 Å². The summed E-state index contributed by atoms with van der Waals surface area (Å²) in [5, 5.41) is 9.26. The highest BCUT2D eigenvalue weighted by Crippen LogP contribution is 2.23. The lowest BCUT2D eigenvalue weighted by Crippen LogP contribution is -2.31. The highest BCUT2D eigenvalue weighted by atomic mass is 32.1. The summed E-state index contributed by atoms with van der Waals surface area (Å²) >= 11 is 1.72. The molecule has 0 spiro atoms. The second-order valence-corrected chi connectivity index (χ2v) is 5.39. The number of hydrogen-bond donors (Lipinski definition) is 2. The predicted molar refractivity (Wildman–Crippen MR) is 70.8 cm³/mol. The monoisotopic (exact) mass is 250 g/mol. The number of aliphatic hydroxyl groups is 1. The van der Waals surface area contributed by atoms with Crippen LogP contribution in [0, 0.1) is 11.8 Å². The lowest BCUT2D eigenvalue weighted by Gasteiger charge is -2.21. The van der Waals surface area contributed by atoms with Crippen molar-refractivity contribution in [2.45, 2.75) is 25.4 Å². The standard InChI is InChI=1S/C13H18N2OS/c14-7-1-4-12-5-6-13(17-12)9-15-8-2-3-11(15)10-16/h5-6,11,16H,2-3,7-10,14H2. The van der Waals surface area contributed by atoms with E-state index in [-0.39, 0.29) is 6.61 Å². The highest BCUT2D eigenvalue weighted by Gasteiger charge is 2.23. The summed E-state index contributed by atoms with van der Waals surface area (Å²) in [6.07, 6.45) is 2.30. The van der Waals surface area contributed by atoms with Gasteiger partial charge < -0.3 is 10.8 Å². The number of nitrogens with zero attached hydrogens (tertiary/aromatic N) is 1. The van der Waals surface area contributed by atoms with Crippen molar-refractivity contribution < 1.29 is 5.11 Å². The van der Waals surface area contributed by atoms with Crippen LogP contribution in [0.4, 0.5) is 0 Å². The van der Waals surface area contributed by atoms with Crippen LogP contribution in [0.15, 0.2) is 12.1 Å². The molecule has 1 aromatic heterocycles. The van der Waals surface area contributed by atoms with Crippen molar-refractivity contribution >= 4 is 11.3 Å². The Balaban J connectivity index is 1.96. The number of aliphatic hydroxyl groups excluding tert-OH is 1. The smallest absolute Gasteiger partial charge is 0.0772 e. The molecule has 92 valence electrons. The SMILES string of the molecule is NCC#Cc1ccc(CN2CCCC2CO)s1. The molecule has 1 atom stereocenters. The zero-order valence-electron chi connectivity index (χ0n) is 9.85. The molecule has 1 aliphatic heterocycles. The number of thiophene rings is 1. The molecule has 2 heterocycles. The maximum atomic E-state index is 9.26. The number of likely N-dealkylation sites (tertiary alicyclic amines) is 1. The molecular formula is C13H18N2OS. The van der Waals surface area contributed by atoms with Gasteiger partial charge in [-0.3, -0.25) is 4.90 Å². The Kier molecular flexibility index (Phi) is 4.57. The van der Waals surface area contributed by atoms with Crippen LogP contribution in [0.5, 0.6) is 0 Å². The molecule has 17 heavy (non-hydrogen) atoms. The van der Waals surface area contributed by atoms with Gasteiger partial charge in [0.2, 0.25) is 0 Å². The second kappa shape index (κ2) is 6.18. The van der Waals surface area contributed by atoms with Gasteiger partial charge in [0.15, 0.2) is 0 Å². The van der Waals surface area contributed by atoms with Crippen LogP contribution in [0.2, 0.25) is 0 Å². The van der Waals surface area contributed by atoms with Crippen molar-refractivity contribution in [1.29, 1.82) is 0 Å². The van der Waals surface area contributed by atoms with Gasteiger partial charge >= 0.3 is 0 Å². The average molecular weight is 250 g/mol. The third-order valence-electron chi connectivity index (χ3n) is 3.04. The third kappa shape index (κ3) is 3.30. The van der Waals surface area contributed by atoms with Crippen molar-refractivity contribution in [2.75, 3.05) is 19.7 Å². The lowest BCUT2D eigenvalue weighted by atomic mass is 10.2. The zero-order chi connectivity index (χ0) is 12.1. The summed E-state index contributed by atoms with van der Waals surface area (Å²) in [5.74, 6) is 5.92. The predicted octanol–water partition coefficient (Wildman–Crippen LogP) is 1.02. The summed E-state index contributed by atoms with van der Waals surface area (Å²) in [5.41, 5.74) is 5.35. The van der Waals surface area contributed by atoms with Gasteiger partial charge in [-0.05, 0) is 31.5 Å². The van der Waals surface area contributed by atoms with Gasteiger partial charge in [-0.15, -0.1) is 11.3 Å². The molecule has 0 aliphatic carbocycles. The minimum atomic E-state index is 0.269. The minimum Gasteiger partial charge on any atom is -0.395 e. The van der Waals surface area contributed by atoms with E-state index in [9.17, 15) is 5.11 Å². The molecule has 1 fully saturated rings. The molecule has 3 nitrogen and oxygen atoms in total. The van der Waals surface area contributed by atoms with Crippen LogP contribution < -0.4 is 5.73 Å². The van der Waals surface area contributed by atoms with Crippen LogP contribution in [0.1, 0.15) is 22.6 Å². The Bertz CT molecular complexity index is 419. The Labute approximate surface area is 106 Å². The number of rotatable bonds is 3. The maximum Gasteiger partial charge on any atom is 0.0772 e. The Hall–Kier alpha value is -0.860. The second-order valence-electron chi connectivity index (χ2n) is 4.22. The maximum absolute atomic E-state index is 9.26. The van der Waals surface area contributed by atoms with Crippen molar-refractivity contribution in [1.82, 2.24) is 4.90 Å². The van der Waals surface area contributed by atoms with Crippen molar-refractivity contribution in [2.24, 2.45) is 5.73 Å². The molecule has 1 aliphatic rings. The molecule has 0 aromatic carbocycles. The van der Waals surface area contributed by atoms with Crippen molar-refractivity contribution in [3.05, 3.63) is 21.9 Å². The van der Waals surface area contributed by atoms with Gasteiger partial charge in [0.05, 0.1) is 18.0 Å². The third-order valence-corrected chi connectivity index (χ3v) is 4.03. The minimum absolute atomic E-state index is 0.269. The fraction of sp³-hybridized carbons (Fsp3) is 0.538. The molecule has 0 amide bonds. The first kappa shape index (κ1) is 12.6.